The van der Waals surface area contributed by atoms with Gasteiger partial charge in [-0.1, -0.05) is 0 Å². The Morgan fingerprint density at radius 2 is 2.00 bits per heavy atom. The van der Waals surface area contributed by atoms with E-state index in [1.807, 2.05) is 0 Å². The minimum absolute atomic E-state index is 0.0936. The third kappa shape index (κ3) is 1.86. The van der Waals surface area contributed by atoms with E-state index in [0.717, 1.165) is 12.1 Å². The van der Waals surface area contributed by atoms with Crippen LogP contribution in [-0.2, 0) is 6.67 Å². The van der Waals surface area contributed by atoms with Crippen LogP contribution in [0.4, 0.5) is 13.2 Å². The van der Waals surface area contributed by atoms with Gasteiger partial charge in [0.25, 0.3) is 0 Å². The van der Waals surface area contributed by atoms with Crippen molar-refractivity contribution in [3.05, 3.63) is 47.8 Å². The average molecular weight is 212 g/mol. The highest BCUT2D eigenvalue weighted by Gasteiger charge is 2.07. The van der Waals surface area contributed by atoms with Gasteiger partial charge in [0.05, 0.1) is 5.69 Å². The van der Waals surface area contributed by atoms with E-state index >= 15 is 0 Å². The molecule has 0 aliphatic rings. The molecule has 0 bridgehead atoms. The minimum Gasteiger partial charge on any atom is -0.244 e. The standard InChI is InChI=1S/C10H7F3N2/c11-6-8-3-4-15(14-8)10-2-1-7(12)5-9(10)13/h1-5H,6H2. The molecule has 0 radical (unpaired) electrons. The number of nitrogens with zero attached hydrogens (tertiary/aromatic N) is 2. The van der Waals surface area contributed by atoms with Gasteiger partial charge in [-0.15, -0.1) is 0 Å². The second-order valence-electron chi connectivity index (χ2n) is 2.98. The van der Waals surface area contributed by atoms with E-state index in [4.69, 9.17) is 0 Å². The lowest BCUT2D eigenvalue weighted by molar-refractivity contribution is 0.472. The normalized spacial score (nSPS) is 10.6. The molecule has 15 heavy (non-hydrogen) atoms. The van der Waals surface area contributed by atoms with Crippen molar-refractivity contribution in [3.8, 4) is 5.69 Å². The van der Waals surface area contributed by atoms with Crippen LogP contribution in [-0.4, -0.2) is 9.78 Å². The number of halogens is 3. The Kier molecular flexibility index (Phi) is 2.45. The van der Waals surface area contributed by atoms with Crippen molar-refractivity contribution in [2.45, 2.75) is 6.67 Å². The van der Waals surface area contributed by atoms with Crippen LogP contribution in [0, 0.1) is 11.6 Å². The highest BCUT2D eigenvalue weighted by atomic mass is 19.1. The summed E-state index contributed by atoms with van der Waals surface area (Å²) in [7, 11) is 0. The molecule has 1 heterocycles. The Bertz CT molecular complexity index is 479. The van der Waals surface area contributed by atoms with Crippen LogP contribution < -0.4 is 0 Å². The second kappa shape index (κ2) is 3.76. The molecule has 0 N–H and O–H groups in total. The monoisotopic (exact) mass is 212 g/mol. The molecule has 2 nitrogen and oxygen atoms in total. The Hall–Kier alpha value is -1.78. The molecule has 0 spiro atoms. The fourth-order valence-electron chi connectivity index (χ4n) is 1.23. The maximum atomic E-state index is 13.3. The Balaban J connectivity index is 2.44. The van der Waals surface area contributed by atoms with Crippen LogP contribution in [0.1, 0.15) is 5.69 Å². The van der Waals surface area contributed by atoms with Crippen LogP contribution >= 0.6 is 0 Å². The van der Waals surface area contributed by atoms with Crippen molar-refractivity contribution < 1.29 is 13.2 Å². The van der Waals surface area contributed by atoms with Gasteiger partial charge < -0.3 is 0 Å². The molecule has 2 aromatic rings. The summed E-state index contributed by atoms with van der Waals surface area (Å²) in [6.45, 7) is -0.712. The van der Waals surface area contributed by atoms with E-state index in [9.17, 15) is 13.2 Å². The quantitative estimate of drug-likeness (QED) is 0.748. The van der Waals surface area contributed by atoms with Gasteiger partial charge in [0.1, 0.15) is 18.2 Å². The lowest BCUT2D eigenvalue weighted by Gasteiger charge is -2.02. The number of aromatic nitrogens is 2. The van der Waals surface area contributed by atoms with Crippen LogP contribution in [0.5, 0.6) is 0 Å². The highest BCUT2D eigenvalue weighted by Crippen LogP contribution is 2.14. The van der Waals surface area contributed by atoms with E-state index < -0.39 is 18.3 Å². The number of hydrogen-bond acceptors (Lipinski definition) is 1. The first-order valence-corrected chi connectivity index (χ1v) is 4.26. The molecular weight excluding hydrogens is 205 g/mol. The molecule has 0 aliphatic heterocycles. The zero-order valence-electron chi connectivity index (χ0n) is 7.62. The first kappa shape index (κ1) is 9.76. The van der Waals surface area contributed by atoms with Gasteiger partial charge in [-0.25, -0.2) is 17.9 Å². The Morgan fingerprint density at radius 3 is 2.60 bits per heavy atom. The zero-order chi connectivity index (χ0) is 10.8. The van der Waals surface area contributed by atoms with E-state index in [0.29, 0.717) is 0 Å². The van der Waals surface area contributed by atoms with Gasteiger partial charge in [-0.05, 0) is 18.2 Å². The number of benzene rings is 1. The topological polar surface area (TPSA) is 17.8 Å². The van der Waals surface area contributed by atoms with E-state index in [2.05, 4.69) is 5.10 Å². The van der Waals surface area contributed by atoms with Crippen LogP contribution in [0.25, 0.3) is 5.69 Å². The van der Waals surface area contributed by atoms with Gasteiger partial charge in [0.2, 0.25) is 0 Å². The SMILES string of the molecule is FCc1ccn(-c2ccc(F)cc2F)n1. The molecule has 1 aromatic heterocycles. The summed E-state index contributed by atoms with van der Waals surface area (Å²) in [6, 6.07) is 4.56. The van der Waals surface area contributed by atoms with Crippen molar-refractivity contribution in [3.63, 3.8) is 0 Å². The highest BCUT2D eigenvalue weighted by molar-refractivity contribution is 5.33. The summed E-state index contributed by atoms with van der Waals surface area (Å²) in [5, 5.41) is 3.77. The van der Waals surface area contributed by atoms with Gasteiger partial charge in [0, 0.05) is 12.3 Å². The summed E-state index contributed by atoms with van der Waals surface area (Å²) in [4.78, 5) is 0. The number of hydrogen-bond donors (Lipinski definition) is 0. The fraction of sp³-hybridized carbons (Fsp3) is 0.100. The lowest BCUT2D eigenvalue weighted by atomic mass is 10.3. The first-order chi connectivity index (χ1) is 7.20. The zero-order valence-corrected chi connectivity index (χ0v) is 7.62. The summed E-state index contributed by atoms with van der Waals surface area (Å²) < 4.78 is 39.2. The molecule has 2 rings (SSSR count). The Labute approximate surface area is 84.0 Å². The lowest BCUT2D eigenvalue weighted by Crippen LogP contribution is -1.99. The van der Waals surface area contributed by atoms with Gasteiger partial charge >= 0.3 is 0 Å². The predicted octanol–water partition coefficient (Wildman–Crippen LogP) is 2.62. The maximum Gasteiger partial charge on any atom is 0.151 e. The van der Waals surface area contributed by atoms with Crippen LogP contribution in [0.2, 0.25) is 0 Å². The molecule has 5 heteroatoms. The van der Waals surface area contributed by atoms with Crippen molar-refractivity contribution in [1.82, 2.24) is 9.78 Å². The molecular formula is C10H7F3N2. The molecule has 0 amide bonds. The van der Waals surface area contributed by atoms with Crippen molar-refractivity contribution in [2.75, 3.05) is 0 Å². The van der Waals surface area contributed by atoms with Gasteiger partial charge in [-0.3, -0.25) is 0 Å². The van der Waals surface area contributed by atoms with Gasteiger partial charge in [-0.2, -0.15) is 5.10 Å². The van der Waals surface area contributed by atoms with E-state index in [1.54, 1.807) is 0 Å². The Morgan fingerprint density at radius 1 is 1.20 bits per heavy atom. The summed E-state index contributed by atoms with van der Waals surface area (Å²) >= 11 is 0. The van der Waals surface area contributed by atoms with Crippen molar-refractivity contribution in [2.24, 2.45) is 0 Å². The number of rotatable bonds is 2. The smallest absolute Gasteiger partial charge is 0.151 e. The predicted molar refractivity (Wildman–Crippen MR) is 48.3 cm³/mol. The molecule has 0 aliphatic carbocycles. The van der Waals surface area contributed by atoms with Gasteiger partial charge in [0.15, 0.2) is 5.82 Å². The molecule has 78 valence electrons. The molecule has 1 aromatic carbocycles. The van der Waals surface area contributed by atoms with E-state index in [-0.39, 0.29) is 11.4 Å². The van der Waals surface area contributed by atoms with Crippen molar-refractivity contribution in [1.29, 1.82) is 0 Å². The third-order valence-corrected chi connectivity index (χ3v) is 1.94. The van der Waals surface area contributed by atoms with Crippen molar-refractivity contribution >= 4 is 0 Å². The van der Waals surface area contributed by atoms with Crippen LogP contribution in [0.3, 0.4) is 0 Å². The largest absolute Gasteiger partial charge is 0.244 e. The molecule has 0 atom stereocenters. The fourth-order valence-corrected chi connectivity index (χ4v) is 1.23. The third-order valence-electron chi connectivity index (χ3n) is 1.94. The summed E-state index contributed by atoms with van der Waals surface area (Å²) in [5.41, 5.74) is 0.301. The molecule has 0 fully saturated rings. The second-order valence-corrected chi connectivity index (χ2v) is 2.98. The average Bonchev–Trinajstić information content (AvgIpc) is 2.66. The molecule has 0 saturated heterocycles. The molecule has 0 unspecified atom stereocenters. The minimum atomic E-state index is -0.733. The molecule has 0 saturated carbocycles. The summed E-state index contributed by atoms with van der Waals surface area (Å²) in [6.07, 6.45) is 1.42. The maximum absolute atomic E-state index is 13.3. The number of alkyl halides is 1. The first-order valence-electron chi connectivity index (χ1n) is 4.26. The summed E-state index contributed by atoms with van der Waals surface area (Å²) in [5.74, 6) is -1.39. The van der Waals surface area contributed by atoms with E-state index in [1.165, 1.54) is 23.0 Å². The van der Waals surface area contributed by atoms with Crippen LogP contribution in [0.15, 0.2) is 30.5 Å².